The molecule has 5 rings (SSSR count). The van der Waals surface area contributed by atoms with Crippen LogP contribution in [0.15, 0.2) is 18.2 Å². The van der Waals surface area contributed by atoms with Crippen LogP contribution in [0.2, 0.25) is 0 Å². The van der Waals surface area contributed by atoms with Crippen LogP contribution in [-0.2, 0) is 9.59 Å². The van der Waals surface area contributed by atoms with E-state index in [0.717, 1.165) is 38.8 Å². The number of nitrogens with one attached hydrogen (secondary N) is 1. The number of carbonyl (C=O) groups is 2. The van der Waals surface area contributed by atoms with Crippen LogP contribution in [0, 0.1) is 12.8 Å². The predicted octanol–water partition coefficient (Wildman–Crippen LogP) is 4.50. The second-order valence-electron chi connectivity index (χ2n) is 8.06. The van der Waals surface area contributed by atoms with Crippen LogP contribution in [0.25, 0.3) is 10.2 Å². The van der Waals surface area contributed by atoms with E-state index in [2.05, 4.69) is 20.5 Å². The van der Waals surface area contributed by atoms with E-state index < -0.39 is 5.92 Å². The van der Waals surface area contributed by atoms with Gasteiger partial charge < -0.3 is 10.2 Å². The molecule has 0 radical (unpaired) electrons. The highest BCUT2D eigenvalue weighted by molar-refractivity contribution is 7.18. The van der Waals surface area contributed by atoms with Gasteiger partial charge in [0.15, 0.2) is 0 Å². The molecule has 1 N–H and O–H groups in total. The minimum absolute atomic E-state index is 0.0402. The van der Waals surface area contributed by atoms with E-state index >= 15 is 0 Å². The number of hydrogen-bond acceptors (Lipinski definition) is 7. The minimum atomic E-state index is -0.396. The van der Waals surface area contributed by atoms with Crippen molar-refractivity contribution in [2.45, 2.75) is 51.4 Å². The molecule has 30 heavy (non-hydrogen) atoms. The zero-order valence-electron chi connectivity index (χ0n) is 16.8. The number of aryl methyl sites for hydroxylation is 1. The number of anilines is 2. The molecule has 2 fully saturated rings. The maximum Gasteiger partial charge on any atom is 0.231 e. The molecule has 2 aromatic heterocycles. The zero-order chi connectivity index (χ0) is 20.7. The van der Waals surface area contributed by atoms with Crippen LogP contribution in [0.1, 0.15) is 54.5 Å². The number of rotatable bonds is 4. The molecule has 1 aromatic carbocycles. The molecule has 1 saturated heterocycles. The maximum absolute atomic E-state index is 12.8. The van der Waals surface area contributed by atoms with Crippen LogP contribution in [-0.4, -0.2) is 33.5 Å². The van der Waals surface area contributed by atoms with Crippen molar-refractivity contribution in [3.05, 3.63) is 28.2 Å². The van der Waals surface area contributed by atoms with Crippen molar-refractivity contribution < 1.29 is 9.59 Å². The highest BCUT2D eigenvalue weighted by Gasteiger charge is 2.35. The van der Waals surface area contributed by atoms with Gasteiger partial charge >= 0.3 is 0 Å². The van der Waals surface area contributed by atoms with Gasteiger partial charge in [0.05, 0.1) is 21.1 Å². The Hall–Kier alpha value is -2.39. The lowest BCUT2D eigenvalue weighted by Gasteiger charge is -2.18. The molecule has 1 saturated carbocycles. The van der Waals surface area contributed by atoms with Crippen molar-refractivity contribution in [3.8, 4) is 0 Å². The van der Waals surface area contributed by atoms with E-state index in [-0.39, 0.29) is 18.2 Å². The lowest BCUT2D eigenvalue weighted by molar-refractivity contribution is -0.122. The number of carbonyl (C=O) groups excluding carboxylic acids is 2. The highest BCUT2D eigenvalue weighted by Crippen LogP contribution is 2.35. The van der Waals surface area contributed by atoms with Gasteiger partial charge in [-0.3, -0.25) is 9.59 Å². The number of fused-ring (bicyclic) bond motifs is 1. The third-order valence-corrected chi connectivity index (χ3v) is 7.86. The third-order valence-electron chi connectivity index (χ3n) is 5.91. The van der Waals surface area contributed by atoms with Crippen molar-refractivity contribution in [2.75, 3.05) is 16.8 Å². The van der Waals surface area contributed by atoms with Crippen LogP contribution in [0.3, 0.4) is 0 Å². The third kappa shape index (κ3) is 3.83. The standard InChI is InChI=1S/C21H23N5O2S2/c1-12-22-16-10-15(7-8-17(16)29-12)26-11-14(9-18(26)27)19(28)23-21-25-24-20(30-21)13-5-3-2-4-6-13/h7-8,10,13-14H,2-6,9,11H2,1H3,(H,23,25,28). The van der Waals surface area contributed by atoms with Crippen LogP contribution < -0.4 is 10.2 Å². The SMILES string of the molecule is Cc1nc2cc(N3CC(C(=O)Nc4nnc(C5CCCCC5)s4)CC3=O)ccc2s1. The van der Waals surface area contributed by atoms with Crippen LogP contribution >= 0.6 is 22.7 Å². The smallest absolute Gasteiger partial charge is 0.231 e. The summed E-state index contributed by atoms with van der Waals surface area (Å²) < 4.78 is 1.10. The van der Waals surface area contributed by atoms with Crippen LogP contribution in [0.5, 0.6) is 0 Å². The average Bonchev–Trinajstić information content (AvgIpc) is 3.45. The molecular weight excluding hydrogens is 418 g/mol. The highest BCUT2D eigenvalue weighted by atomic mass is 32.1. The Bertz CT molecular complexity index is 1100. The zero-order valence-corrected chi connectivity index (χ0v) is 18.4. The number of amides is 2. The van der Waals surface area contributed by atoms with E-state index in [9.17, 15) is 9.59 Å². The Labute approximate surface area is 182 Å². The van der Waals surface area contributed by atoms with Crippen molar-refractivity contribution in [1.29, 1.82) is 0 Å². The van der Waals surface area contributed by atoms with E-state index in [1.54, 1.807) is 16.2 Å². The molecule has 1 aliphatic carbocycles. The maximum atomic E-state index is 12.8. The summed E-state index contributed by atoms with van der Waals surface area (Å²) in [5, 5.41) is 13.9. The fraction of sp³-hybridized carbons (Fsp3) is 0.476. The molecule has 2 aliphatic rings. The molecule has 1 aliphatic heterocycles. The summed E-state index contributed by atoms with van der Waals surface area (Å²) in [6.45, 7) is 2.34. The Morgan fingerprint density at radius 1 is 1.17 bits per heavy atom. The van der Waals surface area contributed by atoms with Gasteiger partial charge in [0.2, 0.25) is 16.9 Å². The van der Waals surface area contributed by atoms with Crippen molar-refractivity contribution >= 4 is 55.5 Å². The Balaban J connectivity index is 1.25. The van der Waals surface area contributed by atoms with E-state index in [4.69, 9.17) is 0 Å². The molecule has 7 nitrogen and oxygen atoms in total. The summed E-state index contributed by atoms with van der Waals surface area (Å²) in [6.07, 6.45) is 6.26. The largest absolute Gasteiger partial charge is 0.312 e. The Kier molecular flexibility index (Phi) is 5.24. The summed E-state index contributed by atoms with van der Waals surface area (Å²) in [5.41, 5.74) is 1.68. The monoisotopic (exact) mass is 441 g/mol. The summed E-state index contributed by atoms with van der Waals surface area (Å²) in [6, 6.07) is 5.85. The molecule has 9 heteroatoms. The second kappa shape index (κ2) is 8.03. The van der Waals surface area contributed by atoms with Gasteiger partial charge in [-0.2, -0.15) is 0 Å². The van der Waals surface area contributed by atoms with Gasteiger partial charge in [-0.1, -0.05) is 30.6 Å². The molecule has 2 amide bonds. The number of benzene rings is 1. The van der Waals surface area contributed by atoms with Crippen molar-refractivity contribution in [2.24, 2.45) is 5.92 Å². The fourth-order valence-electron chi connectivity index (χ4n) is 4.34. The minimum Gasteiger partial charge on any atom is -0.312 e. The molecule has 3 heterocycles. The molecule has 3 aromatic rings. The first-order chi connectivity index (χ1) is 14.6. The van der Waals surface area contributed by atoms with E-state index in [1.807, 2.05) is 25.1 Å². The number of aromatic nitrogens is 3. The topological polar surface area (TPSA) is 88.1 Å². The average molecular weight is 442 g/mol. The summed E-state index contributed by atoms with van der Waals surface area (Å²) in [4.78, 5) is 31.6. The molecule has 0 spiro atoms. The number of hydrogen-bond donors (Lipinski definition) is 1. The van der Waals surface area contributed by atoms with Gasteiger partial charge in [-0.05, 0) is 38.0 Å². The van der Waals surface area contributed by atoms with E-state index in [0.29, 0.717) is 17.6 Å². The summed E-state index contributed by atoms with van der Waals surface area (Å²) in [5.74, 6) is -0.133. The lowest BCUT2D eigenvalue weighted by Crippen LogP contribution is -2.28. The van der Waals surface area contributed by atoms with Gasteiger partial charge in [-0.15, -0.1) is 21.5 Å². The van der Waals surface area contributed by atoms with Gasteiger partial charge in [0, 0.05) is 24.6 Å². The Morgan fingerprint density at radius 3 is 2.83 bits per heavy atom. The van der Waals surface area contributed by atoms with Crippen LogP contribution in [0.4, 0.5) is 10.8 Å². The molecule has 156 valence electrons. The first-order valence-corrected chi connectivity index (χ1v) is 12.0. The van der Waals surface area contributed by atoms with Gasteiger partial charge in [0.25, 0.3) is 0 Å². The molecular formula is C21H23N5O2S2. The number of nitrogens with zero attached hydrogens (tertiary/aromatic N) is 4. The number of thiazole rings is 1. The second-order valence-corrected chi connectivity index (χ2v) is 10.3. The summed E-state index contributed by atoms with van der Waals surface area (Å²) in [7, 11) is 0. The predicted molar refractivity (Wildman–Crippen MR) is 119 cm³/mol. The quantitative estimate of drug-likeness (QED) is 0.644. The Morgan fingerprint density at radius 2 is 2.00 bits per heavy atom. The van der Waals surface area contributed by atoms with Gasteiger partial charge in [0.1, 0.15) is 5.01 Å². The first-order valence-electron chi connectivity index (χ1n) is 10.4. The van der Waals surface area contributed by atoms with Gasteiger partial charge in [-0.25, -0.2) is 4.98 Å². The molecule has 1 unspecified atom stereocenters. The molecule has 0 bridgehead atoms. The normalized spacial score (nSPS) is 20.2. The van der Waals surface area contributed by atoms with E-state index in [1.165, 1.54) is 30.6 Å². The molecule has 1 atom stereocenters. The summed E-state index contributed by atoms with van der Waals surface area (Å²) >= 11 is 3.10. The van der Waals surface area contributed by atoms with Crippen molar-refractivity contribution in [1.82, 2.24) is 15.2 Å². The van der Waals surface area contributed by atoms with Crippen molar-refractivity contribution in [3.63, 3.8) is 0 Å². The fourth-order valence-corrected chi connectivity index (χ4v) is 6.06. The lowest BCUT2D eigenvalue weighted by atomic mass is 9.90. The first kappa shape index (κ1) is 19.6.